The Morgan fingerprint density at radius 1 is 1.00 bits per heavy atom. The van der Waals surface area contributed by atoms with Gasteiger partial charge in [-0.2, -0.15) is 0 Å². The summed E-state index contributed by atoms with van der Waals surface area (Å²) in [5, 5.41) is 5.55. The number of pyridine rings is 1. The van der Waals surface area contributed by atoms with Gasteiger partial charge in [-0.1, -0.05) is 25.7 Å². The van der Waals surface area contributed by atoms with E-state index in [0.717, 1.165) is 34.7 Å². The molecule has 1 saturated carbocycles. The normalized spacial score (nSPS) is 13.4. The number of anilines is 2. The lowest BCUT2D eigenvalue weighted by atomic mass is 10.0. The van der Waals surface area contributed by atoms with E-state index < -0.39 is 17.1 Å². The first-order valence-corrected chi connectivity index (χ1v) is 14.0. The van der Waals surface area contributed by atoms with Gasteiger partial charge in [-0.25, -0.2) is 4.39 Å². The molecule has 0 radical (unpaired) electrons. The summed E-state index contributed by atoms with van der Waals surface area (Å²) in [5.74, 6) is 6.59. The molecule has 2 heterocycles. The van der Waals surface area contributed by atoms with Gasteiger partial charge < -0.3 is 15.4 Å². The molecule has 2 aromatic heterocycles. The van der Waals surface area contributed by atoms with Crippen LogP contribution in [0.4, 0.5) is 15.8 Å². The van der Waals surface area contributed by atoms with Gasteiger partial charge in [0.25, 0.3) is 0 Å². The summed E-state index contributed by atoms with van der Waals surface area (Å²) in [4.78, 5) is 33.4. The van der Waals surface area contributed by atoms with Gasteiger partial charge in [-0.15, -0.1) is 11.3 Å². The molecule has 0 atom stereocenters. The van der Waals surface area contributed by atoms with Gasteiger partial charge in [0.15, 0.2) is 0 Å². The number of aromatic nitrogens is 1. The van der Waals surface area contributed by atoms with Crippen LogP contribution in [0.1, 0.15) is 31.6 Å². The Bertz CT molecular complexity index is 1580. The SMILES string of the molecule is CCN(CC)CC#Cc1cc2nccc(Oc3ccc(NC(=O)C4(C(=O)Nc5ccc(F)cc5)CC4)cc3)c2s1. The predicted octanol–water partition coefficient (Wildman–Crippen LogP) is 6.28. The van der Waals surface area contributed by atoms with Crippen molar-refractivity contribution in [2.45, 2.75) is 26.7 Å². The van der Waals surface area contributed by atoms with Crippen molar-refractivity contribution in [3.8, 4) is 23.3 Å². The van der Waals surface area contributed by atoms with E-state index in [1.165, 1.54) is 24.3 Å². The number of nitrogens with zero attached hydrogens (tertiary/aromatic N) is 2. The highest BCUT2D eigenvalue weighted by Crippen LogP contribution is 2.47. The third-order valence-electron chi connectivity index (χ3n) is 6.85. The number of hydrogen-bond acceptors (Lipinski definition) is 6. The maximum atomic E-state index is 13.2. The third kappa shape index (κ3) is 6.14. The van der Waals surface area contributed by atoms with Gasteiger partial charge in [-0.3, -0.25) is 19.5 Å². The second kappa shape index (κ2) is 11.9. The van der Waals surface area contributed by atoms with Crippen molar-refractivity contribution in [3.05, 3.63) is 77.6 Å². The van der Waals surface area contributed by atoms with Crippen molar-refractivity contribution >= 4 is 44.7 Å². The summed E-state index contributed by atoms with van der Waals surface area (Å²) in [5.41, 5.74) is 0.700. The molecule has 0 spiro atoms. The van der Waals surface area contributed by atoms with Crippen LogP contribution in [0.15, 0.2) is 66.9 Å². The molecule has 40 heavy (non-hydrogen) atoms. The highest BCUT2D eigenvalue weighted by atomic mass is 32.1. The van der Waals surface area contributed by atoms with Crippen LogP contribution >= 0.6 is 11.3 Å². The Morgan fingerprint density at radius 3 is 2.23 bits per heavy atom. The quantitative estimate of drug-likeness (QED) is 0.187. The van der Waals surface area contributed by atoms with Gasteiger partial charge in [0.1, 0.15) is 22.7 Å². The van der Waals surface area contributed by atoms with E-state index in [0.29, 0.717) is 35.7 Å². The number of halogens is 1. The molecule has 4 aromatic rings. The van der Waals surface area contributed by atoms with Crippen LogP contribution in [-0.2, 0) is 9.59 Å². The van der Waals surface area contributed by atoms with Crippen molar-refractivity contribution in [2.24, 2.45) is 5.41 Å². The van der Waals surface area contributed by atoms with Crippen molar-refractivity contribution in [1.82, 2.24) is 9.88 Å². The summed E-state index contributed by atoms with van der Waals surface area (Å²) in [6, 6.07) is 16.2. The topological polar surface area (TPSA) is 83.6 Å². The fourth-order valence-corrected chi connectivity index (χ4v) is 5.13. The highest BCUT2D eigenvalue weighted by Gasteiger charge is 2.56. The minimum absolute atomic E-state index is 0.371. The molecule has 7 nitrogen and oxygen atoms in total. The molecule has 1 fully saturated rings. The summed E-state index contributed by atoms with van der Waals surface area (Å²) < 4.78 is 20.2. The average Bonchev–Trinajstić information content (AvgIpc) is 3.68. The van der Waals surface area contributed by atoms with E-state index in [-0.39, 0.29) is 5.91 Å². The molecular weight excluding hydrogens is 527 g/mol. The van der Waals surface area contributed by atoms with Crippen LogP contribution in [0.5, 0.6) is 11.5 Å². The largest absolute Gasteiger partial charge is 0.456 e. The number of rotatable bonds is 9. The number of thiophene rings is 1. The molecule has 5 rings (SSSR count). The van der Waals surface area contributed by atoms with E-state index in [1.54, 1.807) is 41.8 Å². The van der Waals surface area contributed by atoms with Crippen molar-refractivity contribution in [2.75, 3.05) is 30.3 Å². The second-order valence-electron chi connectivity index (χ2n) is 9.52. The van der Waals surface area contributed by atoms with Gasteiger partial charge in [0.2, 0.25) is 11.8 Å². The van der Waals surface area contributed by atoms with Crippen LogP contribution in [-0.4, -0.2) is 41.3 Å². The lowest BCUT2D eigenvalue weighted by molar-refractivity contribution is -0.131. The van der Waals surface area contributed by atoms with Gasteiger partial charge in [0.05, 0.1) is 21.6 Å². The molecule has 2 aromatic carbocycles. The van der Waals surface area contributed by atoms with Crippen LogP contribution in [0.25, 0.3) is 10.2 Å². The summed E-state index contributed by atoms with van der Waals surface area (Å²) in [6.45, 7) is 6.90. The smallest absolute Gasteiger partial charge is 0.240 e. The fraction of sp³-hybridized carbons (Fsp3) is 0.258. The third-order valence-corrected chi connectivity index (χ3v) is 7.90. The Labute approximate surface area is 236 Å². The Hall–Kier alpha value is -4.26. The van der Waals surface area contributed by atoms with E-state index >= 15 is 0 Å². The second-order valence-corrected chi connectivity index (χ2v) is 10.6. The lowest BCUT2D eigenvalue weighted by Crippen LogP contribution is -2.35. The molecule has 2 amide bonds. The zero-order valence-corrected chi connectivity index (χ0v) is 23.1. The van der Waals surface area contributed by atoms with Crippen molar-refractivity contribution < 1.29 is 18.7 Å². The van der Waals surface area contributed by atoms with Crippen LogP contribution < -0.4 is 15.4 Å². The fourth-order valence-electron chi connectivity index (χ4n) is 4.19. The zero-order chi connectivity index (χ0) is 28.1. The number of hydrogen-bond donors (Lipinski definition) is 2. The monoisotopic (exact) mass is 556 g/mol. The number of carbonyl (C=O) groups excluding carboxylic acids is 2. The molecule has 2 N–H and O–H groups in total. The van der Waals surface area contributed by atoms with Crippen LogP contribution in [0.3, 0.4) is 0 Å². The Balaban J connectivity index is 1.22. The lowest BCUT2D eigenvalue weighted by Gasteiger charge is -2.16. The molecule has 9 heteroatoms. The highest BCUT2D eigenvalue weighted by molar-refractivity contribution is 7.19. The Morgan fingerprint density at radius 2 is 1.62 bits per heavy atom. The first-order chi connectivity index (χ1) is 19.4. The molecule has 0 saturated heterocycles. The van der Waals surface area contributed by atoms with Gasteiger partial charge in [-0.05, 0) is 80.5 Å². The Kier molecular flexibility index (Phi) is 8.10. The first kappa shape index (κ1) is 27.3. The molecule has 0 unspecified atom stereocenters. The molecule has 1 aliphatic rings. The molecule has 0 bridgehead atoms. The molecule has 1 aliphatic carbocycles. The van der Waals surface area contributed by atoms with E-state index in [9.17, 15) is 14.0 Å². The first-order valence-electron chi connectivity index (χ1n) is 13.2. The van der Waals surface area contributed by atoms with Gasteiger partial charge >= 0.3 is 0 Å². The van der Waals surface area contributed by atoms with E-state index in [1.807, 2.05) is 12.1 Å². The number of fused-ring (bicyclic) bond motifs is 1. The average molecular weight is 557 g/mol. The van der Waals surface area contributed by atoms with Crippen molar-refractivity contribution in [1.29, 1.82) is 0 Å². The minimum Gasteiger partial charge on any atom is -0.456 e. The molecular formula is C31H29FN4O3S. The van der Waals surface area contributed by atoms with Crippen LogP contribution in [0.2, 0.25) is 0 Å². The van der Waals surface area contributed by atoms with Gasteiger partial charge in [0, 0.05) is 23.6 Å². The standard InChI is InChI=1S/C31H29FN4O3S/c1-3-36(4-2)19-5-6-25-20-26-28(40-25)27(15-18-33-26)39-24-13-11-23(12-14-24)35-30(38)31(16-17-31)29(37)34-22-9-7-21(32)8-10-22/h7-15,18,20H,3-4,16-17,19H2,1-2H3,(H,34,37)(H,35,38). The zero-order valence-electron chi connectivity index (χ0n) is 22.3. The maximum Gasteiger partial charge on any atom is 0.240 e. The number of nitrogens with one attached hydrogen (secondary N) is 2. The van der Waals surface area contributed by atoms with Crippen LogP contribution in [0, 0.1) is 23.1 Å². The molecule has 0 aliphatic heterocycles. The number of ether oxygens (including phenoxy) is 1. The number of benzene rings is 2. The predicted molar refractivity (Wildman–Crippen MR) is 156 cm³/mol. The minimum atomic E-state index is -1.13. The van der Waals surface area contributed by atoms with E-state index in [4.69, 9.17) is 4.74 Å². The number of amides is 2. The number of carbonyl (C=O) groups is 2. The summed E-state index contributed by atoms with van der Waals surface area (Å²) in [6.07, 6.45) is 2.61. The summed E-state index contributed by atoms with van der Waals surface area (Å²) in [7, 11) is 0. The van der Waals surface area contributed by atoms with Crippen molar-refractivity contribution in [3.63, 3.8) is 0 Å². The molecule has 204 valence electrons. The maximum absolute atomic E-state index is 13.2. The van der Waals surface area contributed by atoms with E-state index in [2.05, 4.69) is 46.2 Å². The summed E-state index contributed by atoms with van der Waals surface area (Å²) >= 11 is 1.54.